The van der Waals surface area contributed by atoms with Crippen LogP contribution in [0.15, 0.2) is 48.1 Å². The highest BCUT2D eigenvalue weighted by molar-refractivity contribution is 5.21. The minimum Gasteiger partial charge on any atom is -0.0837 e. The summed E-state index contributed by atoms with van der Waals surface area (Å²) in [4.78, 5) is 0. The van der Waals surface area contributed by atoms with Crippen LogP contribution in [0.4, 0.5) is 0 Å². The van der Waals surface area contributed by atoms with Crippen LogP contribution in [0.3, 0.4) is 0 Å². The largest absolute Gasteiger partial charge is 0.0837 e. The van der Waals surface area contributed by atoms with Crippen molar-refractivity contribution < 1.29 is 0 Å². The first kappa shape index (κ1) is 12.0. The molecule has 0 heterocycles. The second-order valence-electron chi connectivity index (χ2n) is 4.16. The van der Waals surface area contributed by atoms with E-state index in [9.17, 15) is 0 Å². The molecule has 1 aliphatic rings. The third-order valence-corrected chi connectivity index (χ3v) is 2.64. The van der Waals surface area contributed by atoms with Gasteiger partial charge in [-0.1, -0.05) is 67.9 Å². The summed E-state index contributed by atoms with van der Waals surface area (Å²) in [5.41, 5.74) is 1.39. The molecule has 0 aliphatic heterocycles. The first-order valence-corrected chi connectivity index (χ1v) is 6.01. The molecule has 1 unspecified atom stereocenters. The van der Waals surface area contributed by atoms with Gasteiger partial charge in [-0.05, 0) is 25.7 Å². The number of rotatable bonds is 5. The predicted molar refractivity (Wildman–Crippen MR) is 68.8 cm³/mol. The third kappa shape index (κ3) is 5.41. The molecule has 0 spiro atoms. The van der Waals surface area contributed by atoms with Crippen LogP contribution in [0.1, 0.15) is 39.5 Å². The van der Waals surface area contributed by atoms with Crippen molar-refractivity contribution in [2.24, 2.45) is 5.92 Å². The van der Waals surface area contributed by atoms with E-state index in [1.165, 1.54) is 24.8 Å². The number of hydrogen-bond acceptors (Lipinski definition) is 0. The molecule has 1 aliphatic carbocycles. The van der Waals surface area contributed by atoms with E-state index in [1.807, 2.05) is 0 Å². The van der Waals surface area contributed by atoms with Gasteiger partial charge in [-0.15, -0.1) is 0 Å². The maximum atomic E-state index is 2.34. The third-order valence-electron chi connectivity index (χ3n) is 2.64. The van der Waals surface area contributed by atoms with Crippen LogP contribution >= 0.6 is 0 Å². The van der Waals surface area contributed by atoms with Crippen molar-refractivity contribution in [3.05, 3.63) is 48.1 Å². The molecule has 0 heteroatoms. The van der Waals surface area contributed by atoms with Gasteiger partial charge >= 0.3 is 0 Å². The van der Waals surface area contributed by atoms with Gasteiger partial charge in [0.05, 0.1) is 0 Å². The molecule has 0 N–H and O–H groups in total. The lowest BCUT2D eigenvalue weighted by Crippen LogP contribution is -1.91. The zero-order valence-electron chi connectivity index (χ0n) is 9.95. The van der Waals surface area contributed by atoms with E-state index in [2.05, 4.69) is 56.4 Å². The average Bonchev–Trinajstić information content (AvgIpc) is 2.28. The van der Waals surface area contributed by atoms with Crippen molar-refractivity contribution in [2.75, 3.05) is 0 Å². The summed E-state index contributed by atoms with van der Waals surface area (Å²) in [6, 6.07) is 0. The Kier molecular flexibility index (Phi) is 5.84. The van der Waals surface area contributed by atoms with Crippen LogP contribution in [-0.4, -0.2) is 0 Å². The Bertz CT molecular complexity index is 276. The molecule has 1 atom stereocenters. The summed E-state index contributed by atoms with van der Waals surface area (Å²) in [5, 5.41) is 0. The van der Waals surface area contributed by atoms with E-state index in [0.717, 1.165) is 6.42 Å². The van der Waals surface area contributed by atoms with Gasteiger partial charge in [0.25, 0.3) is 0 Å². The monoisotopic (exact) mass is 202 g/mol. The van der Waals surface area contributed by atoms with E-state index >= 15 is 0 Å². The van der Waals surface area contributed by atoms with E-state index in [4.69, 9.17) is 0 Å². The van der Waals surface area contributed by atoms with Crippen molar-refractivity contribution in [1.82, 2.24) is 0 Å². The van der Waals surface area contributed by atoms with Crippen molar-refractivity contribution in [3.63, 3.8) is 0 Å². The van der Waals surface area contributed by atoms with Gasteiger partial charge in [-0.25, -0.2) is 0 Å². The number of hydrogen-bond donors (Lipinski definition) is 0. The topological polar surface area (TPSA) is 0 Å². The van der Waals surface area contributed by atoms with Crippen LogP contribution < -0.4 is 0 Å². The average molecular weight is 202 g/mol. The van der Waals surface area contributed by atoms with E-state index in [-0.39, 0.29) is 0 Å². The molecule has 0 radical (unpaired) electrons. The molecule has 0 nitrogen and oxygen atoms in total. The van der Waals surface area contributed by atoms with Crippen molar-refractivity contribution >= 4 is 0 Å². The SMILES string of the molecule is CCCC/C=C(C)\C=C/C1C=CC=CC1. The normalized spacial score (nSPS) is 21.5. The number of allylic oxidation sites excluding steroid dienone is 8. The zero-order valence-corrected chi connectivity index (χ0v) is 9.95. The van der Waals surface area contributed by atoms with Crippen molar-refractivity contribution in [1.29, 1.82) is 0 Å². The fourth-order valence-corrected chi connectivity index (χ4v) is 1.62. The van der Waals surface area contributed by atoms with Gasteiger partial charge in [0.2, 0.25) is 0 Å². The highest BCUT2D eigenvalue weighted by Gasteiger charge is 1.98. The second-order valence-corrected chi connectivity index (χ2v) is 4.16. The first-order valence-electron chi connectivity index (χ1n) is 6.01. The molecular weight excluding hydrogens is 180 g/mol. The molecule has 0 amide bonds. The van der Waals surface area contributed by atoms with E-state index < -0.39 is 0 Å². The Labute approximate surface area is 94.1 Å². The standard InChI is InChI=1S/C15H22/c1-3-4-6-9-14(2)12-13-15-10-7-5-8-11-15/h5,7-10,12-13,15H,3-4,6,11H2,1-2H3/b13-12-,14-9-. The highest BCUT2D eigenvalue weighted by atomic mass is 14.0. The van der Waals surface area contributed by atoms with Crippen LogP contribution in [0.25, 0.3) is 0 Å². The van der Waals surface area contributed by atoms with Crippen LogP contribution in [0.2, 0.25) is 0 Å². The molecule has 0 aromatic heterocycles. The summed E-state index contributed by atoms with van der Waals surface area (Å²) in [5.74, 6) is 0.601. The lowest BCUT2D eigenvalue weighted by atomic mass is 9.99. The lowest BCUT2D eigenvalue weighted by Gasteiger charge is -2.06. The van der Waals surface area contributed by atoms with E-state index in [0.29, 0.717) is 5.92 Å². The Morgan fingerprint density at radius 1 is 1.40 bits per heavy atom. The molecule has 0 aromatic carbocycles. The molecule has 0 fully saturated rings. The Morgan fingerprint density at radius 2 is 2.27 bits per heavy atom. The van der Waals surface area contributed by atoms with Crippen LogP contribution in [0, 0.1) is 5.92 Å². The molecule has 82 valence electrons. The fourth-order valence-electron chi connectivity index (χ4n) is 1.62. The van der Waals surface area contributed by atoms with Gasteiger partial charge < -0.3 is 0 Å². The minimum absolute atomic E-state index is 0.601. The number of unbranched alkanes of at least 4 members (excludes halogenated alkanes) is 2. The molecule has 0 bridgehead atoms. The van der Waals surface area contributed by atoms with Crippen LogP contribution in [0.5, 0.6) is 0 Å². The van der Waals surface area contributed by atoms with Gasteiger partial charge in [0.15, 0.2) is 0 Å². The quantitative estimate of drug-likeness (QED) is 0.443. The molecular formula is C15H22. The molecule has 1 rings (SSSR count). The Balaban J connectivity index is 2.33. The van der Waals surface area contributed by atoms with Crippen molar-refractivity contribution in [3.8, 4) is 0 Å². The van der Waals surface area contributed by atoms with Gasteiger partial charge in [-0.2, -0.15) is 0 Å². The fraction of sp³-hybridized carbons (Fsp3) is 0.467. The zero-order chi connectivity index (χ0) is 10.9. The minimum atomic E-state index is 0.601. The van der Waals surface area contributed by atoms with E-state index in [1.54, 1.807) is 0 Å². The van der Waals surface area contributed by atoms with Gasteiger partial charge in [0, 0.05) is 0 Å². The summed E-state index contributed by atoms with van der Waals surface area (Å²) >= 11 is 0. The summed E-state index contributed by atoms with van der Waals surface area (Å²) in [6.45, 7) is 4.42. The maximum absolute atomic E-state index is 2.34. The molecule has 15 heavy (non-hydrogen) atoms. The van der Waals surface area contributed by atoms with Crippen molar-refractivity contribution in [2.45, 2.75) is 39.5 Å². The summed E-state index contributed by atoms with van der Waals surface area (Å²) in [6.07, 6.45) is 20.6. The predicted octanol–water partition coefficient (Wildman–Crippen LogP) is 4.81. The summed E-state index contributed by atoms with van der Waals surface area (Å²) in [7, 11) is 0. The Hall–Kier alpha value is -1.04. The maximum Gasteiger partial charge on any atom is -0.00125 e. The van der Waals surface area contributed by atoms with Gasteiger partial charge in [-0.3, -0.25) is 0 Å². The first-order chi connectivity index (χ1) is 7.33. The van der Waals surface area contributed by atoms with Crippen LogP contribution in [-0.2, 0) is 0 Å². The molecule has 0 saturated carbocycles. The smallest absolute Gasteiger partial charge is 0.00125 e. The highest BCUT2D eigenvalue weighted by Crippen LogP contribution is 2.14. The van der Waals surface area contributed by atoms with Gasteiger partial charge in [0.1, 0.15) is 0 Å². The molecule has 0 saturated heterocycles. The lowest BCUT2D eigenvalue weighted by molar-refractivity contribution is 0.809. The molecule has 0 aromatic rings. The Morgan fingerprint density at radius 3 is 2.93 bits per heavy atom. The second kappa shape index (κ2) is 7.28. The summed E-state index contributed by atoms with van der Waals surface area (Å²) < 4.78 is 0.